The van der Waals surface area contributed by atoms with Gasteiger partial charge in [0.2, 0.25) is 10.0 Å². The number of sulfonamides is 1. The van der Waals surface area contributed by atoms with Crippen LogP contribution in [0.25, 0.3) is 0 Å². The van der Waals surface area contributed by atoms with Gasteiger partial charge >= 0.3 is 0 Å². The van der Waals surface area contributed by atoms with Gasteiger partial charge in [0.05, 0.1) is 17.0 Å². The Labute approximate surface area is 100 Å². The summed E-state index contributed by atoms with van der Waals surface area (Å²) in [6.45, 7) is 5.29. The summed E-state index contributed by atoms with van der Waals surface area (Å²) in [7, 11) is -3.11. The lowest BCUT2D eigenvalue weighted by atomic mass is 10.4. The van der Waals surface area contributed by atoms with Gasteiger partial charge in [-0.3, -0.25) is 0 Å². The van der Waals surface area contributed by atoms with Crippen LogP contribution < -0.4 is 10.0 Å². The molecule has 0 aliphatic rings. The normalized spacial score (nSPS) is 11.9. The standard InChI is InChI=1S/C9H17N3O2S2/c1-3-12-16(13,14)5-4-10-6-9-8(2)11-7-15-9/h7,10,12H,3-6H2,1-2H3. The number of rotatable bonds is 7. The molecular weight excluding hydrogens is 246 g/mol. The molecule has 0 atom stereocenters. The molecule has 1 aromatic rings. The first kappa shape index (κ1) is 13.6. The molecule has 0 unspecified atom stereocenters. The molecule has 0 amide bonds. The van der Waals surface area contributed by atoms with Crippen LogP contribution in [0.3, 0.4) is 0 Å². The lowest BCUT2D eigenvalue weighted by Gasteiger charge is -2.05. The average molecular weight is 263 g/mol. The Hall–Kier alpha value is -0.500. The van der Waals surface area contributed by atoms with E-state index in [9.17, 15) is 8.42 Å². The van der Waals surface area contributed by atoms with Crippen LogP contribution in [0.1, 0.15) is 17.5 Å². The average Bonchev–Trinajstić information content (AvgIpc) is 2.59. The molecule has 0 radical (unpaired) electrons. The quantitative estimate of drug-likeness (QED) is 0.702. The molecule has 1 rings (SSSR count). The van der Waals surface area contributed by atoms with Crippen LogP contribution in [0.4, 0.5) is 0 Å². The third-order valence-electron chi connectivity index (χ3n) is 2.04. The van der Waals surface area contributed by atoms with Crippen molar-refractivity contribution in [3.63, 3.8) is 0 Å². The number of hydrogen-bond donors (Lipinski definition) is 2. The number of aromatic nitrogens is 1. The Balaban J connectivity index is 2.25. The molecule has 0 aliphatic carbocycles. The lowest BCUT2D eigenvalue weighted by Crippen LogP contribution is -2.31. The van der Waals surface area contributed by atoms with E-state index >= 15 is 0 Å². The highest BCUT2D eigenvalue weighted by atomic mass is 32.2. The van der Waals surface area contributed by atoms with Crippen molar-refractivity contribution >= 4 is 21.4 Å². The molecule has 1 heterocycles. The number of hydrogen-bond acceptors (Lipinski definition) is 5. The van der Waals surface area contributed by atoms with Crippen LogP contribution in [0.2, 0.25) is 0 Å². The van der Waals surface area contributed by atoms with Gasteiger partial charge in [-0.1, -0.05) is 6.92 Å². The van der Waals surface area contributed by atoms with Gasteiger partial charge < -0.3 is 5.32 Å². The maximum atomic E-state index is 11.3. The molecule has 0 aliphatic heterocycles. The van der Waals surface area contributed by atoms with Gasteiger partial charge in [0, 0.05) is 24.5 Å². The second-order valence-electron chi connectivity index (χ2n) is 3.35. The minimum atomic E-state index is -3.11. The van der Waals surface area contributed by atoms with Crippen molar-refractivity contribution in [2.45, 2.75) is 20.4 Å². The summed E-state index contributed by atoms with van der Waals surface area (Å²) in [5, 5.41) is 3.09. The largest absolute Gasteiger partial charge is 0.311 e. The van der Waals surface area contributed by atoms with E-state index in [4.69, 9.17) is 0 Å². The van der Waals surface area contributed by atoms with E-state index in [1.165, 1.54) is 0 Å². The fraction of sp³-hybridized carbons (Fsp3) is 0.667. The van der Waals surface area contributed by atoms with Gasteiger partial charge in [0.15, 0.2) is 0 Å². The molecule has 7 heteroatoms. The Morgan fingerprint density at radius 3 is 2.81 bits per heavy atom. The van der Waals surface area contributed by atoms with Crippen LogP contribution in [0.15, 0.2) is 5.51 Å². The van der Waals surface area contributed by atoms with Crippen molar-refractivity contribution in [3.8, 4) is 0 Å². The summed E-state index contributed by atoms with van der Waals surface area (Å²) < 4.78 is 25.0. The first-order chi connectivity index (χ1) is 7.55. The molecule has 2 N–H and O–H groups in total. The zero-order chi connectivity index (χ0) is 12.0. The molecule has 1 aromatic heterocycles. The summed E-state index contributed by atoms with van der Waals surface area (Å²) in [6, 6.07) is 0. The fourth-order valence-corrected chi connectivity index (χ4v) is 2.94. The van der Waals surface area contributed by atoms with Crippen LogP contribution >= 0.6 is 11.3 Å². The molecule has 0 fully saturated rings. The molecule has 16 heavy (non-hydrogen) atoms. The van der Waals surface area contributed by atoms with E-state index in [2.05, 4.69) is 15.0 Å². The van der Waals surface area contributed by atoms with E-state index in [1.54, 1.807) is 23.8 Å². The van der Waals surface area contributed by atoms with Crippen LogP contribution in [-0.4, -0.2) is 32.2 Å². The third kappa shape index (κ3) is 4.56. The van der Waals surface area contributed by atoms with E-state index in [0.717, 1.165) is 10.6 Å². The van der Waals surface area contributed by atoms with E-state index in [-0.39, 0.29) is 5.75 Å². The maximum absolute atomic E-state index is 11.3. The SMILES string of the molecule is CCNS(=O)(=O)CCNCc1scnc1C. The number of thiazole rings is 1. The minimum absolute atomic E-state index is 0.110. The summed E-state index contributed by atoms with van der Waals surface area (Å²) in [5.41, 5.74) is 2.80. The third-order valence-corrected chi connectivity index (χ3v) is 4.45. The van der Waals surface area contributed by atoms with Crippen molar-refractivity contribution in [1.82, 2.24) is 15.0 Å². The van der Waals surface area contributed by atoms with Crippen molar-refractivity contribution < 1.29 is 8.42 Å². The summed E-state index contributed by atoms with van der Waals surface area (Å²) in [6.07, 6.45) is 0. The Bertz CT molecular complexity index is 414. The number of nitrogens with zero attached hydrogens (tertiary/aromatic N) is 1. The van der Waals surface area contributed by atoms with Crippen molar-refractivity contribution in [2.24, 2.45) is 0 Å². The van der Waals surface area contributed by atoms with Gasteiger partial charge in [-0.15, -0.1) is 11.3 Å². The maximum Gasteiger partial charge on any atom is 0.212 e. The zero-order valence-electron chi connectivity index (χ0n) is 9.49. The Kier molecular flexibility index (Phi) is 5.33. The van der Waals surface area contributed by atoms with Crippen LogP contribution in [0, 0.1) is 6.92 Å². The minimum Gasteiger partial charge on any atom is -0.311 e. The molecule has 0 saturated carbocycles. The van der Waals surface area contributed by atoms with Gasteiger partial charge in [-0.25, -0.2) is 18.1 Å². The van der Waals surface area contributed by atoms with Crippen LogP contribution in [-0.2, 0) is 16.6 Å². The second-order valence-corrected chi connectivity index (χ2v) is 6.22. The smallest absolute Gasteiger partial charge is 0.212 e. The molecule has 0 aromatic carbocycles. The van der Waals surface area contributed by atoms with E-state index in [1.807, 2.05) is 6.92 Å². The van der Waals surface area contributed by atoms with Crippen molar-refractivity contribution in [1.29, 1.82) is 0 Å². The summed E-state index contributed by atoms with van der Waals surface area (Å²) >= 11 is 1.58. The molecule has 0 saturated heterocycles. The highest BCUT2D eigenvalue weighted by Gasteiger charge is 2.07. The lowest BCUT2D eigenvalue weighted by molar-refractivity contribution is 0.579. The van der Waals surface area contributed by atoms with Gasteiger partial charge in [0.1, 0.15) is 0 Å². The van der Waals surface area contributed by atoms with Gasteiger partial charge in [-0.2, -0.15) is 0 Å². The first-order valence-electron chi connectivity index (χ1n) is 5.12. The van der Waals surface area contributed by atoms with Gasteiger partial charge in [-0.05, 0) is 6.92 Å². The summed E-state index contributed by atoms with van der Waals surface area (Å²) in [5.74, 6) is 0.110. The first-order valence-corrected chi connectivity index (χ1v) is 7.65. The Morgan fingerprint density at radius 2 is 2.25 bits per heavy atom. The molecule has 5 nitrogen and oxygen atoms in total. The molecule has 0 bridgehead atoms. The van der Waals surface area contributed by atoms with Crippen molar-refractivity contribution in [3.05, 3.63) is 16.1 Å². The topological polar surface area (TPSA) is 71.1 Å². The molecular formula is C9H17N3O2S2. The highest BCUT2D eigenvalue weighted by Crippen LogP contribution is 2.10. The van der Waals surface area contributed by atoms with E-state index in [0.29, 0.717) is 19.6 Å². The predicted octanol–water partition coefficient (Wildman–Crippen LogP) is 0.480. The predicted molar refractivity (Wildman–Crippen MR) is 66.0 cm³/mol. The fourth-order valence-electron chi connectivity index (χ4n) is 1.20. The monoisotopic (exact) mass is 263 g/mol. The zero-order valence-corrected chi connectivity index (χ0v) is 11.1. The van der Waals surface area contributed by atoms with Crippen molar-refractivity contribution in [2.75, 3.05) is 18.8 Å². The van der Waals surface area contributed by atoms with Gasteiger partial charge in [0.25, 0.3) is 0 Å². The molecule has 92 valence electrons. The second kappa shape index (κ2) is 6.29. The molecule has 0 spiro atoms. The highest BCUT2D eigenvalue weighted by molar-refractivity contribution is 7.89. The summed E-state index contributed by atoms with van der Waals surface area (Å²) in [4.78, 5) is 5.28. The number of nitrogens with one attached hydrogen (secondary N) is 2. The Morgan fingerprint density at radius 1 is 1.50 bits per heavy atom. The van der Waals surface area contributed by atoms with Crippen LogP contribution in [0.5, 0.6) is 0 Å². The van der Waals surface area contributed by atoms with E-state index < -0.39 is 10.0 Å². The number of aryl methyl sites for hydroxylation is 1.